The summed E-state index contributed by atoms with van der Waals surface area (Å²) < 4.78 is 10.2. The minimum Gasteiger partial charge on any atom is -0.423 e. The minimum absolute atomic E-state index is 0.294. The molecule has 9 heteroatoms. The molecule has 0 aliphatic rings. The summed E-state index contributed by atoms with van der Waals surface area (Å²) in [5.41, 5.74) is 7.05. The van der Waals surface area contributed by atoms with Gasteiger partial charge in [0.1, 0.15) is 11.2 Å². The number of nitrogens with zero attached hydrogens (tertiary/aromatic N) is 1. The average molecular weight is 513 g/mol. The predicted octanol–water partition coefficient (Wildman–Crippen LogP) is 5.55. The number of halogens is 2. The van der Waals surface area contributed by atoms with Gasteiger partial charge >= 0.3 is 11.3 Å². The van der Waals surface area contributed by atoms with Gasteiger partial charge in [-0.05, 0) is 73.2 Å². The summed E-state index contributed by atoms with van der Waals surface area (Å²) in [5.74, 6) is -0.347. The fourth-order valence-electron chi connectivity index (χ4n) is 3.62. The number of rotatable bonds is 7. The molecular formula is C26H22Cl2N2O5. The van der Waals surface area contributed by atoms with Gasteiger partial charge < -0.3 is 14.6 Å². The quantitative estimate of drug-likeness (QED) is 0.255. The molecule has 0 fully saturated rings. The van der Waals surface area contributed by atoms with E-state index in [0.29, 0.717) is 53.3 Å². The smallest absolute Gasteiger partial charge is 0.336 e. The van der Waals surface area contributed by atoms with Crippen molar-refractivity contribution in [2.24, 2.45) is 5.73 Å². The molecule has 4 aromatic rings. The molecular weight excluding hydrogens is 491 g/mol. The van der Waals surface area contributed by atoms with Crippen LogP contribution in [0, 0.1) is 11.3 Å². The number of nitriles is 1. The molecule has 0 spiro atoms. The highest BCUT2D eigenvalue weighted by atomic mass is 35.5. The maximum absolute atomic E-state index is 11.4. The first-order chi connectivity index (χ1) is 16.8. The zero-order valence-electron chi connectivity index (χ0n) is 18.7. The molecule has 0 radical (unpaired) electrons. The van der Waals surface area contributed by atoms with E-state index in [1.54, 1.807) is 36.4 Å². The topological polar surface area (TPSA) is 127 Å². The number of aryl methyl sites for hydroxylation is 2. The van der Waals surface area contributed by atoms with Crippen LogP contribution in [0.5, 0.6) is 0 Å². The van der Waals surface area contributed by atoms with Crippen molar-refractivity contribution in [3.63, 3.8) is 0 Å². The fourth-order valence-corrected chi connectivity index (χ4v) is 3.97. The number of unbranched alkanes of at least 4 members (excludes halogenated alkanes) is 1. The second-order valence-corrected chi connectivity index (χ2v) is 8.67. The Bertz CT molecular complexity index is 1520. The standard InChI is InChI=1S/C13H12ClNO3.C13H10ClNO2/c14-9-4-5-11-10(7-9)8(6-13(17)18-11)2-1-3-12(15)16;14-10-4-5-12-11(8-10)9(3-1-2-6-15)7-13(16)17-12/h4-7H,1-3H2,(H2,15,16);4-5,7-8H,1-3H2. The molecule has 0 bridgehead atoms. The Labute approximate surface area is 210 Å². The monoisotopic (exact) mass is 512 g/mol. The second-order valence-electron chi connectivity index (χ2n) is 7.79. The van der Waals surface area contributed by atoms with Gasteiger partial charge in [-0.15, -0.1) is 0 Å². The molecule has 2 aromatic heterocycles. The van der Waals surface area contributed by atoms with E-state index in [2.05, 4.69) is 6.07 Å². The van der Waals surface area contributed by atoms with Crippen molar-refractivity contribution in [2.45, 2.75) is 38.5 Å². The summed E-state index contributed by atoms with van der Waals surface area (Å²) in [6.07, 6.45) is 3.36. The second kappa shape index (κ2) is 12.2. The van der Waals surface area contributed by atoms with Crippen LogP contribution < -0.4 is 17.0 Å². The lowest BCUT2D eigenvalue weighted by molar-refractivity contribution is -0.118. The maximum atomic E-state index is 11.4. The van der Waals surface area contributed by atoms with Crippen LogP contribution in [-0.2, 0) is 17.6 Å². The van der Waals surface area contributed by atoms with Crippen molar-refractivity contribution in [1.82, 2.24) is 0 Å². The van der Waals surface area contributed by atoms with E-state index < -0.39 is 5.63 Å². The van der Waals surface area contributed by atoms with Crippen LogP contribution in [-0.4, -0.2) is 5.91 Å². The van der Waals surface area contributed by atoms with Gasteiger partial charge in [0.05, 0.1) is 6.07 Å². The Morgan fingerprint density at radius 2 is 1.31 bits per heavy atom. The van der Waals surface area contributed by atoms with Crippen molar-refractivity contribution in [1.29, 1.82) is 5.26 Å². The predicted molar refractivity (Wildman–Crippen MR) is 136 cm³/mol. The third-order valence-corrected chi connectivity index (χ3v) is 5.65. The summed E-state index contributed by atoms with van der Waals surface area (Å²) in [4.78, 5) is 33.4. The molecule has 0 unspecified atom stereocenters. The molecule has 0 saturated carbocycles. The molecule has 4 rings (SSSR count). The number of primary amides is 1. The van der Waals surface area contributed by atoms with Crippen molar-refractivity contribution >= 4 is 51.0 Å². The summed E-state index contributed by atoms with van der Waals surface area (Å²) in [5, 5.41) is 11.3. The van der Waals surface area contributed by atoms with E-state index in [4.69, 9.17) is 43.0 Å². The highest BCUT2D eigenvalue weighted by Crippen LogP contribution is 2.23. The molecule has 0 aliphatic carbocycles. The lowest BCUT2D eigenvalue weighted by atomic mass is 10.0. The summed E-state index contributed by atoms with van der Waals surface area (Å²) in [6.45, 7) is 0. The number of fused-ring (bicyclic) bond motifs is 2. The Morgan fingerprint density at radius 3 is 1.77 bits per heavy atom. The van der Waals surface area contributed by atoms with Crippen LogP contribution in [0.25, 0.3) is 21.9 Å². The highest BCUT2D eigenvalue weighted by Gasteiger charge is 2.08. The number of carbonyl (C=O) groups is 1. The molecule has 180 valence electrons. The molecule has 35 heavy (non-hydrogen) atoms. The van der Waals surface area contributed by atoms with Crippen molar-refractivity contribution in [3.05, 3.63) is 90.5 Å². The first kappa shape index (κ1) is 26.0. The first-order valence-electron chi connectivity index (χ1n) is 10.9. The van der Waals surface area contributed by atoms with Crippen LogP contribution in [0.1, 0.15) is 36.8 Å². The molecule has 2 N–H and O–H groups in total. The van der Waals surface area contributed by atoms with Crippen LogP contribution in [0.4, 0.5) is 0 Å². The van der Waals surface area contributed by atoms with E-state index in [1.807, 2.05) is 0 Å². The molecule has 0 aliphatic heterocycles. The number of hydrogen-bond donors (Lipinski definition) is 1. The van der Waals surface area contributed by atoms with Gasteiger partial charge in [0, 0.05) is 45.8 Å². The maximum Gasteiger partial charge on any atom is 0.336 e. The molecule has 1 amide bonds. The van der Waals surface area contributed by atoms with Crippen LogP contribution >= 0.6 is 23.2 Å². The summed E-state index contributed by atoms with van der Waals surface area (Å²) in [7, 11) is 0. The highest BCUT2D eigenvalue weighted by molar-refractivity contribution is 6.31. The molecule has 7 nitrogen and oxygen atoms in total. The van der Waals surface area contributed by atoms with Gasteiger partial charge in [-0.2, -0.15) is 5.26 Å². The zero-order valence-corrected chi connectivity index (χ0v) is 20.2. The van der Waals surface area contributed by atoms with Crippen molar-refractivity contribution < 1.29 is 13.6 Å². The Kier molecular flexibility index (Phi) is 9.07. The third kappa shape index (κ3) is 7.44. The van der Waals surface area contributed by atoms with E-state index in [0.717, 1.165) is 28.3 Å². The number of benzene rings is 2. The largest absolute Gasteiger partial charge is 0.423 e. The molecule has 2 aromatic carbocycles. The van der Waals surface area contributed by atoms with E-state index in [9.17, 15) is 14.4 Å². The van der Waals surface area contributed by atoms with Gasteiger partial charge in [-0.1, -0.05) is 23.2 Å². The third-order valence-electron chi connectivity index (χ3n) is 5.18. The lowest BCUT2D eigenvalue weighted by Crippen LogP contribution is -2.10. The van der Waals surface area contributed by atoms with E-state index in [-0.39, 0.29) is 11.5 Å². The average Bonchev–Trinajstić information content (AvgIpc) is 2.80. The number of carbonyl (C=O) groups excluding carboxylic acids is 1. The minimum atomic E-state index is -0.404. The van der Waals surface area contributed by atoms with Gasteiger partial charge in [-0.25, -0.2) is 9.59 Å². The van der Waals surface area contributed by atoms with Gasteiger partial charge in [-0.3, -0.25) is 4.79 Å². The van der Waals surface area contributed by atoms with Gasteiger partial charge in [0.25, 0.3) is 0 Å². The van der Waals surface area contributed by atoms with Crippen molar-refractivity contribution in [2.75, 3.05) is 0 Å². The van der Waals surface area contributed by atoms with Crippen LogP contribution in [0.3, 0.4) is 0 Å². The summed E-state index contributed by atoms with van der Waals surface area (Å²) in [6, 6.07) is 15.2. The number of amides is 1. The Balaban J connectivity index is 0.000000196. The van der Waals surface area contributed by atoms with Crippen molar-refractivity contribution in [3.8, 4) is 6.07 Å². The normalized spacial score (nSPS) is 10.5. The van der Waals surface area contributed by atoms with Crippen LogP contribution in [0.15, 0.2) is 67.0 Å². The van der Waals surface area contributed by atoms with Gasteiger partial charge in [0.15, 0.2) is 0 Å². The van der Waals surface area contributed by atoms with Crippen LogP contribution in [0.2, 0.25) is 10.0 Å². The number of nitrogens with two attached hydrogens (primary N) is 1. The SMILES string of the molecule is N#CCCCc1cc(=O)oc2ccc(Cl)cc12.NC(=O)CCCc1cc(=O)oc2ccc(Cl)cc12. The Hall–Kier alpha value is -3.60. The Morgan fingerprint density at radius 1 is 0.829 bits per heavy atom. The summed E-state index contributed by atoms with van der Waals surface area (Å²) >= 11 is 11.8. The number of hydrogen-bond acceptors (Lipinski definition) is 6. The fraction of sp³-hybridized carbons (Fsp3) is 0.231. The molecule has 0 saturated heterocycles. The molecule has 0 atom stereocenters. The van der Waals surface area contributed by atoms with Gasteiger partial charge in [0.2, 0.25) is 5.91 Å². The molecule has 2 heterocycles. The zero-order chi connectivity index (χ0) is 25.4. The lowest BCUT2D eigenvalue weighted by Gasteiger charge is -2.05. The van der Waals surface area contributed by atoms with E-state index >= 15 is 0 Å². The first-order valence-corrected chi connectivity index (χ1v) is 11.6. The van der Waals surface area contributed by atoms with E-state index in [1.165, 1.54) is 12.1 Å².